The van der Waals surface area contributed by atoms with Crippen LogP contribution in [0.5, 0.6) is 0 Å². The van der Waals surface area contributed by atoms with E-state index in [0.717, 1.165) is 64.2 Å². The minimum absolute atomic E-state index is 0.0690. The van der Waals surface area contributed by atoms with Gasteiger partial charge in [-0.25, -0.2) is 0 Å². The summed E-state index contributed by atoms with van der Waals surface area (Å²) >= 11 is 0. The molecule has 6 heteroatoms. The molecule has 0 saturated carbocycles. The molecule has 1 unspecified atom stereocenters. The van der Waals surface area contributed by atoms with Gasteiger partial charge < -0.3 is 14.2 Å². The SMILES string of the molecule is CCCCCCCC/C=C/CCCCCCCC(=O)OCC(COC(=O)CCCCCCCCCCC)OC(=O)CCCCCCCCCCC. The Morgan fingerprint density at radius 2 is 0.647 bits per heavy atom. The molecule has 0 aromatic heterocycles. The fraction of sp³-hybridized carbons (Fsp3) is 0.889. The van der Waals surface area contributed by atoms with Crippen LogP contribution >= 0.6 is 0 Å². The lowest BCUT2D eigenvalue weighted by Gasteiger charge is -2.18. The summed E-state index contributed by atoms with van der Waals surface area (Å²) in [6, 6.07) is 0. The molecule has 300 valence electrons. The normalized spacial score (nSPS) is 12.0. The largest absolute Gasteiger partial charge is 0.462 e. The van der Waals surface area contributed by atoms with Crippen molar-refractivity contribution in [3.8, 4) is 0 Å². The van der Waals surface area contributed by atoms with E-state index in [2.05, 4.69) is 32.9 Å². The summed E-state index contributed by atoms with van der Waals surface area (Å²) in [5, 5.41) is 0. The number of carbonyl (C=O) groups excluding carboxylic acids is 3. The lowest BCUT2D eigenvalue weighted by Crippen LogP contribution is -2.30. The Balaban J connectivity index is 4.30. The summed E-state index contributed by atoms with van der Waals surface area (Å²) in [5.74, 6) is -0.877. The standard InChI is InChI=1S/C45H84O6/c1-4-7-10-13-16-19-20-21-22-23-24-27-29-32-35-38-44(47)50-41-42(51-45(48)39-36-33-30-26-18-15-12-9-6-3)40-49-43(46)37-34-31-28-25-17-14-11-8-5-2/h21-22,42H,4-20,23-41H2,1-3H3/b22-21+. The molecular formula is C45H84O6. The second-order valence-corrected chi connectivity index (χ2v) is 15.0. The molecule has 0 aliphatic rings. The number of hydrogen-bond donors (Lipinski definition) is 0. The van der Waals surface area contributed by atoms with Gasteiger partial charge in [0, 0.05) is 19.3 Å². The van der Waals surface area contributed by atoms with Crippen LogP contribution in [0.15, 0.2) is 12.2 Å². The van der Waals surface area contributed by atoms with E-state index < -0.39 is 6.10 Å². The van der Waals surface area contributed by atoms with Crippen molar-refractivity contribution in [2.75, 3.05) is 13.2 Å². The molecular weight excluding hydrogens is 636 g/mol. The first kappa shape index (κ1) is 49.1. The minimum atomic E-state index is -0.763. The van der Waals surface area contributed by atoms with Crippen LogP contribution in [-0.2, 0) is 28.6 Å². The summed E-state index contributed by atoms with van der Waals surface area (Å²) in [6.45, 7) is 6.59. The van der Waals surface area contributed by atoms with Gasteiger partial charge in [0.1, 0.15) is 13.2 Å². The molecule has 0 N–H and O–H groups in total. The highest BCUT2D eigenvalue weighted by Gasteiger charge is 2.19. The van der Waals surface area contributed by atoms with Crippen LogP contribution in [0, 0.1) is 0 Å². The van der Waals surface area contributed by atoms with E-state index in [-0.39, 0.29) is 31.1 Å². The van der Waals surface area contributed by atoms with Crippen LogP contribution in [0.1, 0.15) is 239 Å². The molecule has 6 nitrogen and oxygen atoms in total. The topological polar surface area (TPSA) is 78.9 Å². The summed E-state index contributed by atoms with van der Waals surface area (Å²) < 4.78 is 16.6. The van der Waals surface area contributed by atoms with Crippen molar-refractivity contribution in [3.05, 3.63) is 12.2 Å². The molecule has 0 bridgehead atoms. The zero-order valence-electron chi connectivity index (χ0n) is 34.1. The highest BCUT2D eigenvalue weighted by atomic mass is 16.6. The van der Waals surface area contributed by atoms with Crippen LogP contribution in [0.4, 0.5) is 0 Å². The Labute approximate surface area is 316 Å². The third-order valence-electron chi connectivity index (χ3n) is 9.77. The quantitative estimate of drug-likeness (QED) is 0.0271. The molecule has 0 radical (unpaired) electrons. The van der Waals surface area contributed by atoms with Crippen molar-refractivity contribution in [1.82, 2.24) is 0 Å². The van der Waals surface area contributed by atoms with Gasteiger partial charge in [-0.2, -0.15) is 0 Å². The predicted molar refractivity (Wildman–Crippen MR) is 215 cm³/mol. The predicted octanol–water partition coefficient (Wildman–Crippen LogP) is 13.9. The molecule has 0 amide bonds. The Kier molecular flexibility index (Phi) is 39.4. The number of esters is 3. The third-order valence-corrected chi connectivity index (χ3v) is 9.77. The first-order chi connectivity index (χ1) is 25.0. The first-order valence-electron chi connectivity index (χ1n) is 22.2. The van der Waals surface area contributed by atoms with Gasteiger partial charge in [-0.05, 0) is 44.9 Å². The third kappa shape index (κ3) is 39.2. The molecule has 0 spiro atoms. The molecule has 0 aliphatic heterocycles. The Morgan fingerprint density at radius 1 is 0.373 bits per heavy atom. The van der Waals surface area contributed by atoms with Crippen molar-refractivity contribution < 1.29 is 28.6 Å². The molecule has 0 heterocycles. The van der Waals surface area contributed by atoms with E-state index in [1.165, 1.54) is 135 Å². The monoisotopic (exact) mass is 721 g/mol. The van der Waals surface area contributed by atoms with E-state index in [9.17, 15) is 14.4 Å². The van der Waals surface area contributed by atoms with Crippen molar-refractivity contribution in [3.63, 3.8) is 0 Å². The van der Waals surface area contributed by atoms with Gasteiger partial charge in [0.2, 0.25) is 0 Å². The number of hydrogen-bond acceptors (Lipinski definition) is 6. The molecule has 0 aliphatic carbocycles. The van der Waals surface area contributed by atoms with E-state index in [1.807, 2.05) is 0 Å². The smallest absolute Gasteiger partial charge is 0.306 e. The second-order valence-electron chi connectivity index (χ2n) is 15.0. The number of ether oxygens (including phenoxy) is 3. The van der Waals surface area contributed by atoms with Crippen LogP contribution in [0.25, 0.3) is 0 Å². The van der Waals surface area contributed by atoms with Gasteiger partial charge in [-0.15, -0.1) is 0 Å². The zero-order valence-corrected chi connectivity index (χ0v) is 34.1. The maximum absolute atomic E-state index is 12.6. The van der Waals surface area contributed by atoms with Gasteiger partial charge >= 0.3 is 17.9 Å². The van der Waals surface area contributed by atoms with Gasteiger partial charge in [0.15, 0.2) is 6.10 Å². The van der Waals surface area contributed by atoms with Crippen molar-refractivity contribution in [2.45, 2.75) is 245 Å². The van der Waals surface area contributed by atoms with Crippen molar-refractivity contribution in [2.24, 2.45) is 0 Å². The molecule has 0 rings (SSSR count). The Hall–Kier alpha value is -1.85. The van der Waals surface area contributed by atoms with Crippen molar-refractivity contribution in [1.29, 1.82) is 0 Å². The highest BCUT2D eigenvalue weighted by Crippen LogP contribution is 2.14. The first-order valence-corrected chi connectivity index (χ1v) is 22.2. The fourth-order valence-corrected chi connectivity index (χ4v) is 6.38. The van der Waals surface area contributed by atoms with E-state index in [0.29, 0.717) is 19.3 Å². The van der Waals surface area contributed by atoms with Gasteiger partial charge in [0.05, 0.1) is 0 Å². The maximum Gasteiger partial charge on any atom is 0.306 e. The summed E-state index contributed by atoms with van der Waals surface area (Å²) in [4.78, 5) is 37.5. The number of allylic oxidation sites excluding steroid dienone is 2. The van der Waals surface area contributed by atoms with Gasteiger partial charge in [0.25, 0.3) is 0 Å². The highest BCUT2D eigenvalue weighted by molar-refractivity contribution is 5.71. The lowest BCUT2D eigenvalue weighted by atomic mass is 10.1. The minimum Gasteiger partial charge on any atom is -0.462 e. The molecule has 1 atom stereocenters. The molecule has 51 heavy (non-hydrogen) atoms. The molecule has 0 saturated heterocycles. The van der Waals surface area contributed by atoms with Gasteiger partial charge in [-0.3, -0.25) is 14.4 Å². The van der Waals surface area contributed by atoms with Gasteiger partial charge in [-0.1, -0.05) is 187 Å². The molecule has 0 aromatic carbocycles. The average Bonchev–Trinajstić information content (AvgIpc) is 3.12. The zero-order chi connectivity index (χ0) is 37.3. The van der Waals surface area contributed by atoms with Crippen LogP contribution in [0.2, 0.25) is 0 Å². The van der Waals surface area contributed by atoms with Crippen LogP contribution < -0.4 is 0 Å². The Morgan fingerprint density at radius 3 is 0.980 bits per heavy atom. The number of unbranched alkanes of at least 4 members (excludes halogenated alkanes) is 27. The summed E-state index contributed by atoms with van der Waals surface area (Å²) in [7, 11) is 0. The summed E-state index contributed by atoms with van der Waals surface area (Å²) in [5.41, 5.74) is 0. The number of carbonyl (C=O) groups is 3. The lowest BCUT2D eigenvalue weighted by molar-refractivity contribution is -0.167. The molecule has 0 aromatic rings. The van der Waals surface area contributed by atoms with E-state index >= 15 is 0 Å². The molecule has 0 fully saturated rings. The summed E-state index contributed by atoms with van der Waals surface area (Å²) in [6.07, 6.45) is 41.9. The second kappa shape index (κ2) is 40.9. The number of rotatable bonds is 40. The maximum atomic E-state index is 12.6. The van der Waals surface area contributed by atoms with Crippen molar-refractivity contribution >= 4 is 17.9 Å². The van der Waals surface area contributed by atoms with E-state index in [4.69, 9.17) is 14.2 Å². The van der Waals surface area contributed by atoms with Crippen LogP contribution in [0.3, 0.4) is 0 Å². The van der Waals surface area contributed by atoms with E-state index in [1.54, 1.807) is 0 Å². The average molecular weight is 721 g/mol. The fourth-order valence-electron chi connectivity index (χ4n) is 6.38. The Bertz CT molecular complexity index is 794. The van der Waals surface area contributed by atoms with Crippen LogP contribution in [-0.4, -0.2) is 37.2 Å².